The van der Waals surface area contributed by atoms with Crippen LogP contribution in [0.3, 0.4) is 0 Å². The number of phenols is 1. The maximum atomic E-state index is 12.2. The fraction of sp³-hybridized carbons (Fsp3) is 0.400. The van der Waals surface area contributed by atoms with E-state index in [-0.39, 0.29) is 37.2 Å². The summed E-state index contributed by atoms with van der Waals surface area (Å²) >= 11 is 0. The van der Waals surface area contributed by atoms with E-state index in [0.717, 1.165) is 11.1 Å². The third kappa shape index (κ3) is 9.59. The van der Waals surface area contributed by atoms with Crippen LogP contribution in [0.2, 0.25) is 0 Å². The van der Waals surface area contributed by atoms with Crippen molar-refractivity contribution in [1.82, 2.24) is 0 Å². The van der Waals surface area contributed by atoms with Gasteiger partial charge in [-0.05, 0) is 67.5 Å². The van der Waals surface area contributed by atoms with E-state index in [1.54, 1.807) is 48.6 Å². The van der Waals surface area contributed by atoms with Crippen molar-refractivity contribution in [2.75, 3.05) is 13.3 Å². The van der Waals surface area contributed by atoms with E-state index >= 15 is 0 Å². The van der Waals surface area contributed by atoms with E-state index in [4.69, 9.17) is 20.9 Å². The molecule has 9 nitrogen and oxygen atoms in total. The van der Waals surface area contributed by atoms with Crippen molar-refractivity contribution < 1.29 is 27.6 Å². The molecule has 0 amide bonds. The lowest BCUT2D eigenvalue weighted by atomic mass is 9.91. The van der Waals surface area contributed by atoms with Crippen molar-refractivity contribution in [2.45, 2.75) is 50.4 Å². The average molecular weight is 506 g/mol. The minimum Gasteiger partial charge on any atom is -0.508 e. The third-order valence-corrected chi connectivity index (χ3v) is 6.80. The molecule has 0 saturated carbocycles. The van der Waals surface area contributed by atoms with Crippen LogP contribution in [-0.2, 0) is 14.9 Å². The van der Waals surface area contributed by atoms with Gasteiger partial charge >= 0.3 is 0 Å². The van der Waals surface area contributed by atoms with E-state index in [9.17, 15) is 18.1 Å². The smallest absolute Gasteiger partial charge is 0.268 e. The van der Waals surface area contributed by atoms with Crippen LogP contribution in [0, 0.1) is 0 Å². The molecule has 0 aliphatic carbocycles. The summed E-state index contributed by atoms with van der Waals surface area (Å²) in [4.78, 5) is 3.76. The molecule has 2 aromatic rings. The van der Waals surface area contributed by atoms with E-state index in [2.05, 4.69) is 4.99 Å². The molecule has 2 rings (SSSR count). The van der Waals surface area contributed by atoms with Crippen molar-refractivity contribution in [3.05, 3.63) is 71.8 Å². The van der Waals surface area contributed by atoms with E-state index in [1.165, 1.54) is 0 Å². The summed E-state index contributed by atoms with van der Waals surface area (Å²) in [6.07, 6.45) is 4.19. The summed E-state index contributed by atoms with van der Waals surface area (Å²) in [6.45, 7) is 4.30. The first-order chi connectivity index (χ1) is 16.6. The van der Waals surface area contributed by atoms with Gasteiger partial charge in [-0.2, -0.15) is 8.42 Å². The van der Waals surface area contributed by atoms with Crippen LogP contribution in [0.25, 0.3) is 0 Å². The van der Waals surface area contributed by atoms with Gasteiger partial charge in [0.1, 0.15) is 17.6 Å². The van der Waals surface area contributed by atoms with Crippen LogP contribution in [0.1, 0.15) is 56.3 Å². The Hall–Kier alpha value is -3.08. The summed E-state index contributed by atoms with van der Waals surface area (Å²) in [5, 5.41) is 8.54. The second kappa shape index (κ2) is 13.7. The fourth-order valence-electron chi connectivity index (χ4n) is 3.67. The lowest BCUT2D eigenvalue weighted by molar-refractivity contribution is 0.0965. The van der Waals surface area contributed by atoms with Gasteiger partial charge in [-0.3, -0.25) is 4.55 Å². The van der Waals surface area contributed by atoms with Crippen LogP contribution in [0.5, 0.6) is 11.5 Å². The van der Waals surface area contributed by atoms with Gasteiger partial charge in [0.15, 0.2) is 12.7 Å². The van der Waals surface area contributed by atoms with Crippen LogP contribution < -0.4 is 16.2 Å². The van der Waals surface area contributed by atoms with Crippen LogP contribution in [-0.4, -0.2) is 42.6 Å². The monoisotopic (exact) mass is 505 g/mol. The number of nitrogens with two attached hydrogens (primary N) is 2. The number of aliphatic imine (C=N–C) groups is 1. The first-order valence-corrected chi connectivity index (χ1v) is 13.0. The number of phenolic OH excluding ortho intramolecular Hbond substituents is 1. The summed E-state index contributed by atoms with van der Waals surface area (Å²) < 4.78 is 45.4. The summed E-state index contributed by atoms with van der Waals surface area (Å²) in [5.74, 6) is 0.591. The molecule has 3 atom stereocenters. The second-order valence-electron chi connectivity index (χ2n) is 8.03. The molecule has 3 unspecified atom stereocenters. The summed E-state index contributed by atoms with van der Waals surface area (Å²) in [5.41, 5.74) is 12.3. The van der Waals surface area contributed by atoms with Crippen LogP contribution in [0.15, 0.2) is 65.7 Å². The number of ether oxygens (including phenoxy) is 2. The first kappa shape index (κ1) is 28.2. The molecular formula is C25H35N3O6S. The zero-order valence-electron chi connectivity index (χ0n) is 20.1. The maximum Gasteiger partial charge on any atom is 0.268 e. The SMILES string of the molecule is CCOC(C=CCC(CC(CC)c1ccc(OCN=C(N)N)cc1)S(=O)(=O)O)c1ccc(O)cc1. The highest BCUT2D eigenvalue weighted by atomic mass is 32.2. The van der Waals surface area contributed by atoms with Crippen molar-refractivity contribution in [2.24, 2.45) is 16.5 Å². The molecule has 0 spiro atoms. The van der Waals surface area contributed by atoms with Crippen LogP contribution in [0.4, 0.5) is 0 Å². The number of hydrogen-bond acceptors (Lipinski definition) is 6. The minimum atomic E-state index is -4.28. The molecule has 0 fully saturated rings. The van der Waals surface area contributed by atoms with Gasteiger partial charge in [0.25, 0.3) is 10.1 Å². The van der Waals surface area contributed by atoms with Gasteiger partial charge in [-0.1, -0.05) is 43.3 Å². The maximum absolute atomic E-state index is 12.2. The fourth-order valence-corrected chi connectivity index (χ4v) is 4.50. The summed E-state index contributed by atoms with van der Waals surface area (Å²) in [7, 11) is -4.28. The molecule has 35 heavy (non-hydrogen) atoms. The zero-order chi connectivity index (χ0) is 25.8. The number of guanidine groups is 1. The molecule has 0 bridgehead atoms. The third-order valence-electron chi connectivity index (χ3n) is 5.57. The Morgan fingerprint density at radius 1 is 1.06 bits per heavy atom. The molecule has 0 radical (unpaired) electrons. The normalized spacial score (nSPS) is 14.4. The van der Waals surface area contributed by atoms with Crippen LogP contribution >= 0.6 is 0 Å². The standard InChI is InChI=1S/C25H35N3O6S/c1-3-18(19-10-14-22(15-11-19)34-17-28-25(26)27)16-23(35(30,31)32)6-5-7-24(33-4-2)20-8-12-21(29)13-9-20/h5,7-15,18,23-24,29H,3-4,6,16-17H2,1-2H3,(H4,26,27,28)(H,30,31,32). The molecule has 2 aromatic carbocycles. The Labute approximate surface area is 207 Å². The molecule has 0 saturated heterocycles. The molecule has 0 aliphatic rings. The lowest BCUT2D eigenvalue weighted by Gasteiger charge is -2.21. The van der Waals surface area contributed by atoms with Crippen molar-refractivity contribution >= 4 is 16.1 Å². The Balaban J connectivity index is 2.10. The highest BCUT2D eigenvalue weighted by molar-refractivity contribution is 7.86. The van der Waals surface area contributed by atoms with Crippen molar-refractivity contribution in [3.63, 3.8) is 0 Å². The molecule has 192 valence electrons. The van der Waals surface area contributed by atoms with Gasteiger partial charge in [0.2, 0.25) is 0 Å². The number of rotatable bonds is 14. The van der Waals surface area contributed by atoms with E-state index < -0.39 is 21.5 Å². The number of allylic oxidation sites excluding steroid dienone is 1. The Morgan fingerprint density at radius 2 is 1.69 bits per heavy atom. The lowest BCUT2D eigenvalue weighted by Crippen LogP contribution is -2.23. The Bertz CT molecular complexity index is 1070. The highest BCUT2D eigenvalue weighted by Crippen LogP contribution is 2.30. The van der Waals surface area contributed by atoms with E-state index in [0.29, 0.717) is 18.8 Å². The van der Waals surface area contributed by atoms with Crippen molar-refractivity contribution in [3.8, 4) is 11.5 Å². The molecule has 0 heterocycles. The topological polar surface area (TPSA) is 157 Å². The largest absolute Gasteiger partial charge is 0.508 e. The van der Waals surface area contributed by atoms with Gasteiger partial charge in [0, 0.05) is 6.61 Å². The second-order valence-corrected chi connectivity index (χ2v) is 9.73. The van der Waals surface area contributed by atoms with Gasteiger partial charge in [-0.15, -0.1) is 0 Å². The average Bonchev–Trinajstić information content (AvgIpc) is 2.81. The summed E-state index contributed by atoms with van der Waals surface area (Å²) in [6, 6.07) is 13.9. The molecular weight excluding hydrogens is 470 g/mol. The molecule has 0 aromatic heterocycles. The number of benzene rings is 2. The minimum absolute atomic E-state index is 0.00291. The van der Waals surface area contributed by atoms with Gasteiger partial charge in [-0.25, -0.2) is 4.99 Å². The number of hydrogen-bond donors (Lipinski definition) is 4. The predicted molar refractivity (Wildman–Crippen MR) is 137 cm³/mol. The zero-order valence-corrected chi connectivity index (χ0v) is 20.9. The van der Waals surface area contributed by atoms with Gasteiger partial charge < -0.3 is 26.0 Å². The Kier molecular flexibility index (Phi) is 11.0. The number of nitrogens with zero attached hydrogens (tertiary/aromatic N) is 1. The molecule has 6 N–H and O–H groups in total. The predicted octanol–water partition coefficient (Wildman–Crippen LogP) is 3.87. The molecule has 0 aliphatic heterocycles. The quantitative estimate of drug-likeness (QED) is 0.130. The molecule has 10 heteroatoms. The number of aromatic hydroxyl groups is 1. The van der Waals surface area contributed by atoms with Gasteiger partial charge in [0.05, 0.1) is 5.25 Å². The van der Waals surface area contributed by atoms with Crippen molar-refractivity contribution in [1.29, 1.82) is 0 Å². The highest BCUT2D eigenvalue weighted by Gasteiger charge is 2.26. The first-order valence-electron chi connectivity index (χ1n) is 11.5. The van der Waals surface area contributed by atoms with E-state index in [1.807, 2.05) is 26.0 Å². The Morgan fingerprint density at radius 3 is 2.23 bits per heavy atom.